The van der Waals surface area contributed by atoms with Crippen molar-refractivity contribution in [2.75, 3.05) is 32.0 Å². The number of para-hydroxylation sites is 3. The van der Waals surface area contributed by atoms with Crippen LogP contribution in [0.5, 0.6) is 17.2 Å². The Morgan fingerprint density at radius 3 is 2.41 bits per heavy atom. The first kappa shape index (κ1) is 26.4. The predicted octanol–water partition coefficient (Wildman–Crippen LogP) is 6.21. The van der Waals surface area contributed by atoms with Crippen LogP contribution in [0.15, 0.2) is 71.9 Å². The van der Waals surface area contributed by atoms with Crippen LogP contribution in [0.4, 0.5) is 11.6 Å². The summed E-state index contributed by atoms with van der Waals surface area (Å²) >= 11 is 12.4. The number of aromatic nitrogens is 3. The van der Waals surface area contributed by atoms with Crippen molar-refractivity contribution >= 4 is 40.7 Å². The van der Waals surface area contributed by atoms with Gasteiger partial charge in [0, 0.05) is 16.8 Å². The Balaban J connectivity index is 1.67. The molecule has 0 saturated heterocycles. The number of amides is 1. The lowest BCUT2D eigenvalue weighted by Gasteiger charge is -2.30. The predicted molar refractivity (Wildman–Crippen MR) is 151 cm³/mol. The lowest BCUT2D eigenvalue weighted by atomic mass is 9.94. The number of hydrogen-bond acceptors (Lipinski definition) is 7. The summed E-state index contributed by atoms with van der Waals surface area (Å²) in [6, 6.07) is 17.1. The lowest BCUT2D eigenvalue weighted by Crippen LogP contribution is -2.32. The third-order valence-corrected chi connectivity index (χ3v) is 7.10. The molecular weight excluding hydrogens is 541 g/mol. The van der Waals surface area contributed by atoms with E-state index >= 15 is 0 Å². The van der Waals surface area contributed by atoms with Gasteiger partial charge < -0.3 is 24.8 Å². The second-order valence-corrected chi connectivity index (χ2v) is 9.45. The van der Waals surface area contributed by atoms with Gasteiger partial charge in [-0.25, -0.2) is 4.68 Å². The zero-order chi connectivity index (χ0) is 27.7. The molecule has 2 heterocycles. The molecule has 0 spiro atoms. The first-order valence-corrected chi connectivity index (χ1v) is 12.7. The molecule has 9 nitrogen and oxygen atoms in total. The van der Waals surface area contributed by atoms with Crippen molar-refractivity contribution in [3.63, 3.8) is 0 Å². The molecule has 1 aromatic heterocycles. The van der Waals surface area contributed by atoms with Gasteiger partial charge >= 0.3 is 0 Å². The highest BCUT2D eigenvalue weighted by Gasteiger charge is 2.37. The topological polar surface area (TPSA) is 99.5 Å². The quantitative estimate of drug-likeness (QED) is 0.275. The van der Waals surface area contributed by atoms with Crippen LogP contribution in [0.3, 0.4) is 0 Å². The van der Waals surface area contributed by atoms with Crippen LogP contribution < -0.4 is 24.8 Å². The van der Waals surface area contributed by atoms with Gasteiger partial charge in [-0.1, -0.05) is 47.5 Å². The van der Waals surface area contributed by atoms with Gasteiger partial charge in [0.15, 0.2) is 17.3 Å². The molecule has 11 heteroatoms. The molecule has 2 N–H and O–H groups in total. The molecule has 1 aliphatic rings. The second-order valence-electron chi connectivity index (χ2n) is 8.64. The summed E-state index contributed by atoms with van der Waals surface area (Å²) in [5, 5.41) is 11.8. The van der Waals surface area contributed by atoms with Crippen LogP contribution in [0.1, 0.15) is 18.5 Å². The minimum atomic E-state index is -0.718. The number of ether oxygens (including phenoxy) is 3. The fourth-order valence-electron chi connectivity index (χ4n) is 4.56. The molecule has 1 atom stereocenters. The number of carbonyl (C=O) groups is 1. The SMILES string of the molecule is COc1ccccc1NC(=O)C1=C(C)Nc2nc(-c3ccc(Cl)c(Cl)c3)nn2C1c1cccc(OC)c1OC. The van der Waals surface area contributed by atoms with Gasteiger partial charge in [0.2, 0.25) is 5.95 Å². The van der Waals surface area contributed by atoms with Gasteiger partial charge in [-0.15, -0.1) is 5.10 Å². The summed E-state index contributed by atoms with van der Waals surface area (Å²) < 4.78 is 18.4. The van der Waals surface area contributed by atoms with Gasteiger partial charge in [0.1, 0.15) is 11.8 Å². The van der Waals surface area contributed by atoms with Gasteiger partial charge in [0.05, 0.1) is 42.6 Å². The number of halogens is 2. The maximum Gasteiger partial charge on any atom is 0.255 e. The molecular formula is C28H25Cl2N5O4. The van der Waals surface area contributed by atoms with E-state index in [1.165, 1.54) is 0 Å². The van der Waals surface area contributed by atoms with Crippen LogP contribution in [-0.4, -0.2) is 42.0 Å². The average Bonchev–Trinajstić information content (AvgIpc) is 3.37. The van der Waals surface area contributed by atoms with Crippen molar-refractivity contribution in [2.24, 2.45) is 0 Å². The van der Waals surface area contributed by atoms with Crippen molar-refractivity contribution in [2.45, 2.75) is 13.0 Å². The maximum absolute atomic E-state index is 13.9. The number of methoxy groups -OCH3 is 3. The van der Waals surface area contributed by atoms with Gasteiger partial charge in [-0.2, -0.15) is 4.98 Å². The van der Waals surface area contributed by atoms with Crippen LogP contribution in [-0.2, 0) is 4.79 Å². The molecule has 1 unspecified atom stereocenters. The number of anilines is 2. The van der Waals surface area contributed by atoms with E-state index in [1.807, 2.05) is 31.2 Å². The van der Waals surface area contributed by atoms with Crippen LogP contribution in [0, 0.1) is 0 Å². The first-order chi connectivity index (χ1) is 18.9. The Hall–Kier alpha value is -4.21. The molecule has 3 aromatic carbocycles. The molecule has 39 heavy (non-hydrogen) atoms. The van der Waals surface area contributed by atoms with Crippen molar-refractivity contribution in [3.05, 3.63) is 87.5 Å². The Labute approximate surface area is 235 Å². The van der Waals surface area contributed by atoms with Gasteiger partial charge in [-0.3, -0.25) is 4.79 Å². The van der Waals surface area contributed by atoms with Gasteiger partial charge in [-0.05, 0) is 43.3 Å². The maximum atomic E-state index is 13.9. The van der Waals surface area contributed by atoms with E-state index in [-0.39, 0.29) is 5.91 Å². The third-order valence-electron chi connectivity index (χ3n) is 6.36. The Morgan fingerprint density at radius 2 is 1.69 bits per heavy atom. The molecule has 1 amide bonds. The lowest BCUT2D eigenvalue weighted by molar-refractivity contribution is -0.113. The number of rotatable bonds is 7. The number of benzene rings is 3. The van der Waals surface area contributed by atoms with Gasteiger partial charge in [0.25, 0.3) is 5.91 Å². The van der Waals surface area contributed by atoms with E-state index in [1.54, 1.807) is 62.4 Å². The molecule has 5 rings (SSSR count). The van der Waals surface area contributed by atoms with Crippen LogP contribution in [0.2, 0.25) is 10.0 Å². The summed E-state index contributed by atoms with van der Waals surface area (Å²) in [6.07, 6.45) is 0. The molecule has 0 radical (unpaired) electrons. The standard InChI is InChI=1S/C28H25Cl2N5O4/c1-15-23(27(36)32-20-9-5-6-10-21(20)37-2)24(17-8-7-11-22(38-3)25(17)39-4)35-28(31-15)33-26(34-35)16-12-13-18(29)19(30)14-16/h5-14,24H,1-4H3,(H,32,36)(H,31,33,34). The zero-order valence-corrected chi connectivity index (χ0v) is 23.1. The molecule has 1 aliphatic heterocycles. The fourth-order valence-corrected chi connectivity index (χ4v) is 4.85. The number of carbonyl (C=O) groups excluding carboxylic acids is 1. The number of allylic oxidation sites excluding steroid dienone is 1. The first-order valence-electron chi connectivity index (χ1n) is 11.9. The normalized spacial score (nSPS) is 14.4. The minimum Gasteiger partial charge on any atom is -0.495 e. The summed E-state index contributed by atoms with van der Waals surface area (Å²) in [5.41, 5.74) is 2.86. The highest BCUT2D eigenvalue weighted by molar-refractivity contribution is 6.42. The number of nitrogens with one attached hydrogen (secondary N) is 2. The Kier molecular flexibility index (Phi) is 7.36. The van der Waals surface area contributed by atoms with Crippen molar-refractivity contribution < 1.29 is 19.0 Å². The van der Waals surface area contributed by atoms with E-state index in [9.17, 15) is 4.79 Å². The van der Waals surface area contributed by atoms with E-state index < -0.39 is 6.04 Å². The summed E-state index contributed by atoms with van der Waals surface area (Å²) in [6.45, 7) is 1.81. The zero-order valence-electron chi connectivity index (χ0n) is 21.6. The monoisotopic (exact) mass is 565 g/mol. The summed E-state index contributed by atoms with van der Waals surface area (Å²) in [5.74, 6) is 2.02. The molecule has 200 valence electrons. The molecule has 0 aliphatic carbocycles. The fraction of sp³-hybridized carbons (Fsp3) is 0.179. The van der Waals surface area contributed by atoms with E-state index in [2.05, 4.69) is 10.6 Å². The van der Waals surface area contributed by atoms with E-state index in [0.717, 1.165) is 0 Å². The number of nitrogens with zero attached hydrogens (tertiary/aromatic N) is 3. The highest BCUT2D eigenvalue weighted by Crippen LogP contribution is 2.44. The smallest absolute Gasteiger partial charge is 0.255 e. The Morgan fingerprint density at radius 1 is 0.949 bits per heavy atom. The second kappa shape index (κ2) is 10.9. The van der Waals surface area contributed by atoms with Crippen molar-refractivity contribution in [3.8, 4) is 28.6 Å². The van der Waals surface area contributed by atoms with Crippen molar-refractivity contribution in [1.82, 2.24) is 14.8 Å². The molecule has 0 bridgehead atoms. The van der Waals surface area contributed by atoms with E-state index in [4.69, 9.17) is 47.5 Å². The van der Waals surface area contributed by atoms with Crippen LogP contribution >= 0.6 is 23.2 Å². The van der Waals surface area contributed by atoms with Crippen molar-refractivity contribution in [1.29, 1.82) is 0 Å². The highest BCUT2D eigenvalue weighted by atomic mass is 35.5. The number of hydrogen-bond donors (Lipinski definition) is 2. The molecule has 0 saturated carbocycles. The minimum absolute atomic E-state index is 0.350. The summed E-state index contributed by atoms with van der Waals surface area (Å²) in [4.78, 5) is 18.6. The van der Waals surface area contributed by atoms with Crippen LogP contribution in [0.25, 0.3) is 11.4 Å². The van der Waals surface area contributed by atoms with E-state index in [0.29, 0.717) is 67.2 Å². The molecule has 0 fully saturated rings. The molecule has 4 aromatic rings. The third kappa shape index (κ3) is 4.86. The Bertz CT molecular complexity index is 1600. The average molecular weight is 566 g/mol. The summed E-state index contributed by atoms with van der Waals surface area (Å²) in [7, 11) is 4.66. The number of fused-ring (bicyclic) bond motifs is 1. The largest absolute Gasteiger partial charge is 0.495 e.